The molecule has 0 saturated carbocycles. The molecule has 8 nitrogen and oxygen atoms in total. The number of ether oxygens (including phenoxy) is 2. The van der Waals surface area contributed by atoms with Crippen molar-refractivity contribution in [2.45, 2.75) is 6.42 Å². The van der Waals surface area contributed by atoms with Crippen molar-refractivity contribution in [1.82, 2.24) is 25.0 Å². The fraction of sp³-hybridized carbons (Fsp3) is 0.600. The summed E-state index contributed by atoms with van der Waals surface area (Å²) >= 11 is 0. The number of hydrogen-bond acceptors (Lipinski definition) is 7. The zero-order chi connectivity index (χ0) is 12.6. The molecular formula is C10H16N6O2. The normalized spacial score (nSPS) is 10.9. The van der Waals surface area contributed by atoms with E-state index in [9.17, 15) is 0 Å². The molecule has 2 aromatic rings. The highest BCUT2D eigenvalue weighted by atomic mass is 16.5. The Morgan fingerprint density at radius 3 is 3.11 bits per heavy atom. The SMILES string of the molecule is COCCOCCCNc1cncc2nnnn12. The van der Waals surface area contributed by atoms with E-state index in [-0.39, 0.29) is 0 Å². The van der Waals surface area contributed by atoms with Crippen LogP contribution in [0.5, 0.6) is 0 Å². The average Bonchev–Trinajstić information content (AvgIpc) is 2.86. The number of fused-ring (bicyclic) bond motifs is 1. The number of hydrogen-bond donors (Lipinski definition) is 1. The Labute approximate surface area is 104 Å². The van der Waals surface area contributed by atoms with Gasteiger partial charge in [-0.1, -0.05) is 0 Å². The Morgan fingerprint density at radius 1 is 1.28 bits per heavy atom. The molecule has 18 heavy (non-hydrogen) atoms. The largest absolute Gasteiger partial charge is 0.382 e. The lowest BCUT2D eigenvalue weighted by molar-refractivity contribution is 0.0705. The first-order valence-corrected chi connectivity index (χ1v) is 5.74. The van der Waals surface area contributed by atoms with Crippen LogP contribution in [0.1, 0.15) is 6.42 Å². The van der Waals surface area contributed by atoms with Crippen molar-refractivity contribution in [3.63, 3.8) is 0 Å². The molecule has 0 aliphatic carbocycles. The number of nitrogens with zero attached hydrogens (tertiary/aromatic N) is 5. The molecular weight excluding hydrogens is 236 g/mol. The Balaban J connectivity index is 1.72. The van der Waals surface area contributed by atoms with Crippen LogP contribution in [-0.2, 0) is 9.47 Å². The zero-order valence-electron chi connectivity index (χ0n) is 10.2. The van der Waals surface area contributed by atoms with Gasteiger partial charge in [-0.15, -0.1) is 5.10 Å². The second-order valence-electron chi connectivity index (χ2n) is 3.63. The molecule has 0 aromatic carbocycles. The minimum Gasteiger partial charge on any atom is -0.382 e. The highest BCUT2D eigenvalue weighted by molar-refractivity contribution is 5.43. The van der Waals surface area contributed by atoms with Crippen LogP contribution in [0.25, 0.3) is 5.65 Å². The second kappa shape index (κ2) is 6.82. The zero-order valence-corrected chi connectivity index (χ0v) is 10.2. The highest BCUT2D eigenvalue weighted by Crippen LogP contribution is 2.05. The lowest BCUT2D eigenvalue weighted by Crippen LogP contribution is -2.11. The molecule has 0 saturated heterocycles. The average molecular weight is 252 g/mol. The number of anilines is 1. The van der Waals surface area contributed by atoms with Crippen molar-refractivity contribution < 1.29 is 9.47 Å². The first kappa shape index (κ1) is 12.7. The first-order valence-electron chi connectivity index (χ1n) is 5.74. The van der Waals surface area contributed by atoms with Crippen molar-refractivity contribution in [3.8, 4) is 0 Å². The summed E-state index contributed by atoms with van der Waals surface area (Å²) in [4.78, 5) is 4.05. The predicted molar refractivity (Wildman–Crippen MR) is 64.4 cm³/mol. The molecule has 0 aliphatic rings. The van der Waals surface area contributed by atoms with E-state index in [1.165, 1.54) is 0 Å². The molecule has 2 heterocycles. The van der Waals surface area contributed by atoms with Gasteiger partial charge in [0.15, 0.2) is 5.65 Å². The molecule has 2 rings (SSSR count). The van der Waals surface area contributed by atoms with Crippen LogP contribution >= 0.6 is 0 Å². The van der Waals surface area contributed by atoms with Crippen molar-refractivity contribution >= 4 is 11.5 Å². The van der Waals surface area contributed by atoms with E-state index in [4.69, 9.17) is 9.47 Å². The van der Waals surface area contributed by atoms with E-state index < -0.39 is 0 Å². The van der Waals surface area contributed by atoms with E-state index in [0.717, 1.165) is 18.8 Å². The van der Waals surface area contributed by atoms with Gasteiger partial charge >= 0.3 is 0 Å². The molecule has 8 heteroatoms. The maximum Gasteiger partial charge on any atom is 0.199 e. The van der Waals surface area contributed by atoms with Gasteiger partial charge < -0.3 is 14.8 Å². The van der Waals surface area contributed by atoms with Crippen LogP contribution in [-0.4, -0.2) is 58.5 Å². The quantitative estimate of drug-likeness (QED) is 0.661. The van der Waals surface area contributed by atoms with Crippen molar-refractivity contribution in [2.24, 2.45) is 0 Å². The molecule has 0 spiro atoms. The van der Waals surface area contributed by atoms with Gasteiger partial charge in [-0.25, -0.2) is 0 Å². The Bertz CT molecular complexity index is 474. The van der Waals surface area contributed by atoms with Gasteiger partial charge in [0.2, 0.25) is 0 Å². The third-order valence-electron chi connectivity index (χ3n) is 2.31. The number of tetrazole rings is 1. The number of aromatic nitrogens is 5. The van der Waals surface area contributed by atoms with Gasteiger partial charge in [-0.2, -0.15) is 4.52 Å². The molecule has 0 amide bonds. The van der Waals surface area contributed by atoms with Crippen molar-refractivity contribution in [1.29, 1.82) is 0 Å². The molecule has 0 unspecified atom stereocenters. The molecule has 0 bridgehead atoms. The van der Waals surface area contributed by atoms with E-state index >= 15 is 0 Å². The molecule has 0 aliphatic heterocycles. The van der Waals surface area contributed by atoms with E-state index in [1.807, 2.05) is 0 Å². The van der Waals surface area contributed by atoms with Gasteiger partial charge in [-0.3, -0.25) is 4.98 Å². The predicted octanol–water partition coefficient (Wildman–Crippen LogP) is -0.0157. The highest BCUT2D eigenvalue weighted by Gasteiger charge is 2.02. The minimum absolute atomic E-state index is 0.622. The third-order valence-corrected chi connectivity index (χ3v) is 2.31. The van der Waals surface area contributed by atoms with Crippen LogP contribution in [0, 0.1) is 0 Å². The van der Waals surface area contributed by atoms with Gasteiger partial charge in [0.25, 0.3) is 0 Å². The summed E-state index contributed by atoms with van der Waals surface area (Å²) < 4.78 is 11.8. The van der Waals surface area contributed by atoms with Crippen molar-refractivity contribution in [2.75, 3.05) is 38.8 Å². The minimum atomic E-state index is 0.622. The maximum absolute atomic E-state index is 5.36. The van der Waals surface area contributed by atoms with Gasteiger partial charge in [0.1, 0.15) is 5.82 Å². The fourth-order valence-electron chi connectivity index (χ4n) is 1.43. The lowest BCUT2D eigenvalue weighted by Gasteiger charge is -2.07. The number of rotatable bonds is 8. The van der Waals surface area contributed by atoms with Crippen molar-refractivity contribution in [3.05, 3.63) is 12.4 Å². The smallest absolute Gasteiger partial charge is 0.199 e. The van der Waals surface area contributed by atoms with Crippen LogP contribution in [0.2, 0.25) is 0 Å². The first-order chi connectivity index (χ1) is 8.92. The summed E-state index contributed by atoms with van der Waals surface area (Å²) in [6.45, 7) is 2.71. The van der Waals surface area contributed by atoms with Crippen LogP contribution in [0.3, 0.4) is 0 Å². The summed E-state index contributed by atoms with van der Waals surface area (Å²) in [6.07, 6.45) is 4.19. The molecule has 98 valence electrons. The van der Waals surface area contributed by atoms with E-state index in [1.54, 1.807) is 24.0 Å². The molecule has 0 radical (unpaired) electrons. The van der Waals surface area contributed by atoms with E-state index in [0.29, 0.717) is 25.5 Å². The molecule has 2 aromatic heterocycles. The summed E-state index contributed by atoms with van der Waals surface area (Å²) in [5.41, 5.74) is 0.622. The lowest BCUT2D eigenvalue weighted by atomic mass is 10.4. The van der Waals surface area contributed by atoms with Gasteiger partial charge in [-0.05, 0) is 16.8 Å². The Hall–Kier alpha value is -1.80. The van der Waals surface area contributed by atoms with Gasteiger partial charge in [0.05, 0.1) is 25.6 Å². The molecule has 0 fully saturated rings. The number of nitrogens with one attached hydrogen (secondary N) is 1. The topological polar surface area (TPSA) is 86.5 Å². The third kappa shape index (κ3) is 3.34. The molecule has 0 atom stereocenters. The Kier molecular flexibility index (Phi) is 4.79. The summed E-state index contributed by atoms with van der Waals surface area (Å²) in [6, 6.07) is 0. The maximum atomic E-state index is 5.36. The van der Waals surface area contributed by atoms with Crippen LogP contribution in [0.15, 0.2) is 12.4 Å². The number of methoxy groups -OCH3 is 1. The van der Waals surface area contributed by atoms with Crippen LogP contribution < -0.4 is 5.32 Å². The summed E-state index contributed by atoms with van der Waals surface area (Å²) in [5, 5.41) is 14.5. The van der Waals surface area contributed by atoms with E-state index in [2.05, 4.69) is 25.8 Å². The molecule has 1 N–H and O–H groups in total. The Morgan fingerprint density at radius 2 is 2.22 bits per heavy atom. The monoisotopic (exact) mass is 252 g/mol. The van der Waals surface area contributed by atoms with Crippen LogP contribution in [0.4, 0.5) is 5.82 Å². The standard InChI is InChI=1S/C10H16N6O2/c1-17-5-6-18-4-2-3-12-9-7-11-8-10-13-14-15-16(9)10/h7-8,12H,2-6H2,1H3. The van der Waals surface area contributed by atoms with Gasteiger partial charge in [0, 0.05) is 20.3 Å². The fourth-order valence-corrected chi connectivity index (χ4v) is 1.43. The second-order valence-corrected chi connectivity index (χ2v) is 3.63. The summed E-state index contributed by atoms with van der Waals surface area (Å²) in [7, 11) is 1.66. The summed E-state index contributed by atoms with van der Waals surface area (Å²) in [5.74, 6) is 0.773.